The minimum atomic E-state index is -0.597. The fourth-order valence-electron chi connectivity index (χ4n) is 5.96. The number of carbonyl (C=O) groups excluding carboxylic acids is 2. The van der Waals surface area contributed by atoms with Crippen LogP contribution in [0.15, 0.2) is 41.1 Å². The first-order valence-corrected chi connectivity index (χ1v) is 14.1. The number of furan rings is 1. The van der Waals surface area contributed by atoms with E-state index >= 15 is 0 Å². The summed E-state index contributed by atoms with van der Waals surface area (Å²) in [5, 5.41) is 11.4. The average molecular weight is 525 g/mol. The smallest absolute Gasteiger partial charge is 0.295 e. The summed E-state index contributed by atoms with van der Waals surface area (Å²) in [5.74, 6) is 0.655. The Kier molecular flexibility index (Phi) is 8.93. The summed E-state index contributed by atoms with van der Waals surface area (Å²) in [6.45, 7) is 10.3. The van der Waals surface area contributed by atoms with Gasteiger partial charge in [-0.25, -0.2) is 10.0 Å². The quantitative estimate of drug-likeness (QED) is 0.345. The molecule has 3 heterocycles. The Morgan fingerprint density at radius 1 is 1.13 bits per heavy atom. The first kappa shape index (κ1) is 28.3. The highest BCUT2D eigenvalue weighted by Crippen LogP contribution is 2.43. The van der Waals surface area contributed by atoms with Crippen molar-refractivity contribution in [2.45, 2.75) is 97.1 Å². The molecule has 0 atom stereocenters. The van der Waals surface area contributed by atoms with Crippen LogP contribution in [0.4, 0.5) is 5.82 Å². The second kappa shape index (κ2) is 12.0. The van der Waals surface area contributed by atoms with Crippen molar-refractivity contribution < 1.29 is 19.2 Å². The number of nitrogens with zero attached hydrogens (tertiary/aromatic N) is 4. The first-order chi connectivity index (χ1) is 18.1. The van der Waals surface area contributed by atoms with Crippen LogP contribution >= 0.6 is 0 Å². The van der Waals surface area contributed by atoms with Crippen LogP contribution in [0.2, 0.25) is 0 Å². The monoisotopic (exact) mass is 524 g/mol. The zero-order valence-electron chi connectivity index (χ0n) is 23.5. The summed E-state index contributed by atoms with van der Waals surface area (Å²) < 4.78 is 5.44. The molecule has 0 bridgehead atoms. The second-order valence-electron chi connectivity index (χ2n) is 12.3. The summed E-state index contributed by atoms with van der Waals surface area (Å²) in [5.41, 5.74) is 0.405. The molecule has 38 heavy (non-hydrogen) atoms. The lowest BCUT2D eigenvalue weighted by Crippen LogP contribution is -2.49. The molecule has 8 nitrogen and oxygen atoms in total. The van der Waals surface area contributed by atoms with Gasteiger partial charge in [0.15, 0.2) is 5.76 Å². The van der Waals surface area contributed by atoms with Gasteiger partial charge in [-0.2, -0.15) is 0 Å². The SMILES string of the molecule is Cc1ccc(N(C(=O)c2ccco2)C2CCN(CCC3(CC(=O)N(O)C(C)(C)C)CCCCC3)CC2)nc1. The molecule has 1 aliphatic heterocycles. The van der Waals surface area contributed by atoms with Crippen LogP contribution in [-0.2, 0) is 4.79 Å². The van der Waals surface area contributed by atoms with Gasteiger partial charge in [0, 0.05) is 31.7 Å². The molecule has 1 aliphatic carbocycles. The molecule has 2 aromatic heterocycles. The maximum atomic E-state index is 13.4. The van der Waals surface area contributed by atoms with Crippen molar-refractivity contribution >= 4 is 17.6 Å². The van der Waals surface area contributed by atoms with Crippen LogP contribution in [0.1, 0.15) is 94.7 Å². The van der Waals surface area contributed by atoms with E-state index in [-0.39, 0.29) is 23.3 Å². The normalized spacial score (nSPS) is 18.8. The number of hydrogen-bond acceptors (Lipinski definition) is 6. The third kappa shape index (κ3) is 6.83. The number of pyridine rings is 1. The molecular formula is C30H44N4O4. The Bertz CT molecular complexity index is 1050. The number of likely N-dealkylation sites (tertiary alicyclic amines) is 1. The van der Waals surface area contributed by atoms with Gasteiger partial charge in [-0.3, -0.25) is 19.7 Å². The van der Waals surface area contributed by atoms with Gasteiger partial charge in [0.25, 0.3) is 5.91 Å². The van der Waals surface area contributed by atoms with Gasteiger partial charge in [0.05, 0.1) is 11.8 Å². The lowest BCUT2D eigenvalue weighted by Gasteiger charge is -2.42. The zero-order valence-corrected chi connectivity index (χ0v) is 23.5. The van der Waals surface area contributed by atoms with Gasteiger partial charge in [-0.1, -0.05) is 25.3 Å². The highest BCUT2D eigenvalue weighted by Gasteiger charge is 2.38. The lowest BCUT2D eigenvalue weighted by molar-refractivity contribution is -0.190. The third-order valence-corrected chi connectivity index (χ3v) is 8.29. The Morgan fingerprint density at radius 3 is 2.42 bits per heavy atom. The van der Waals surface area contributed by atoms with Gasteiger partial charge < -0.3 is 9.32 Å². The largest absolute Gasteiger partial charge is 0.459 e. The van der Waals surface area contributed by atoms with Crippen molar-refractivity contribution in [3.63, 3.8) is 0 Å². The van der Waals surface area contributed by atoms with Gasteiger partial charge in [0.1, 0.15) is 5.82 Å². The van der Waals surface area contributed by atoms with E-state index in [2.05, 4.69) is 9.88 Å². The van der Waals surface area contributed by atoms with Crippen LogP contribution in [-0.4, -0.2) is 63.2 Å². The van der Waals surface area contributed by atoms with Crippen LogP contribution in [0.5, 0.6) is 0 Å². The van der Waals surface area contributed by atoms with E-state index in [0.717, 1.165) is 75.2 Å². The Morgan fingerprint density at radius 2 is 1.84 bits per heavy atom. The van der Waals surface area contributed by atoms with Gasteiger partial charge in [-0.15, -0.1) is 0 Å². The number of aryl methyl sites for hydroxylation is 1. The number of hydroxylamine groups is 2. The maximum absolute atomic E-state index is 13.4. The number of rotatable bonds is 8. The number of piperidine rings is 1. The van der Waals surface area contributed by atoms with Crippen LogP contribution in [0, 0.1) is 12.3 Å². The zero-order chi connectivity index (χ0) is 27.3. The molecular weight excluding hydrogens is 480 g/mol. The highest BCUT2D eigenvalue weighted by molar-refractivity contribution is 6.04. The Balaban J connectivity index is 1.39. The standard InChI is InChI=1S/C30H44N4O4/c1-23-10-11-26(31-22-23)33(28(36)25-9-8-20-38-25)24-12-17-32(18-13-24)19-16-30(14-6-5-7-15-30)21-27(35)34(37)29(2,3)4/h8-11,20,22,24,37H,5-7,12-19,21H2,1-4H3. The minimum absolute atomic E-state index is 0.0407. The highest BCUT2D eigenvalue weighted by atomic mass is 16.5. The minimum Gasteiger partial charge on any atom is -0.459 e. The summed E-state index contributed by atoms with van der Waals surface area (Å²) in [6.07, 6.45) is 12.0. The van der Waals surface area contributed by atoms with E-state index in [1.54, 1.807) is 23.2 Å². The van der Waals surface area contributed by atoms with Crippen LogP contribution in [0.3, 0.4) is 0 Å². The van der Waals surface area contributed by atoms with E-state index < -0.39 is 5.54 Å². The predicted molar refractivity (Wildman–Crippen MR) is 147 cm³/mol. The molecule has 0 radical (unpaired) electrons. The summed E-state index contributed by atoms with van der Waals surface area (Å²) in [7, 11) is 0. The van der Waals surface area contributed by atoms with Gasteiger partial charge in [0.2, 0.25) is 5.91 Å². The van der Waals surface area contributed by atoms with Crippen molar-refractivity contribution in [2.24, 2.45) is 5.41 Å². The van der Waals surface area contributed by atoms with E-state index in [1.807, 2.05) is 39.8 Å². The second-order valence-corrected chi connectivity index (χ2v) is 12.3. The third-order valence-electron chi connectivity index (χ3n) is 8.29. The fourth-order valence-corrected chi connectivity index (χ4v) is 5.96. The molecule has 2 fully saturated rings. The molecule has 0 unspecified atom stereocenters. The summed E-state index contributed by atoms with van der Waals surface area (Å²) in [4.78, 5) is 35.2. The molecule has 2 aromatic rings. The molecule has 0 spiro atoms. The van der Waals surface area contributed by atoms with Crippen molar-refractivity contribution in [1.82, 2.24) is 14.9 Å². The molecule has 1 saturated carbocycles. The van der Waals surface area contributed by atoms with Crippen molar-refractivity contribution in [2.75, 3.05) is 24.5 Å². The molecule has 2 amide bonds. The molecule has 2 aliphatic rings. The van der Waals surface area contributed by atoms with Crippen LogP contribution < -0.4 is 4.90 Å². The van der Waals surface area contributed by atoms with Crippen molar-refractivity contribution in [3.8, 4) is 0 Å². The first-order valence-electron chi connectivity index (χ1n) is 14.1. The number of amides is 2. The van der Waals surface area contributed by atoms with E-state index in [1.165, 1.54) is 12.7 Å². The molecule has 4 rings (SSSR count). The fraction of sp³-hybridized carbons (Fsp3) is 0.633. The lowest BCUT2D eigenvalue weighted by atomic mass is 9.69. The number of aromatic nitrogens is 1. The maximum Gasteiger partial charge on any atom is 0.295 e. The molecule has 1 N–H and O–H groups in total. The average Bonchev–Trinajstić information content (AvgIpc) is 3.44. The number of anilines is 1. The van der Waals surface area contributed by atoms with Crippen LogP contribution in [0.25, 0.3) is 0 Å². The number of hydrogen-bond donors (Lipinski definition) is 1. The Hall–Kier alpha value is -2.71. The predicted octanol–water partition coefficient (Wildman–Crippen LogP) is 5.84. The van der Waals surface area contributed by atoms with E-state index in [4.69, 9.17) is 4.42 Å². The molecule has 1 saturated heterocycles. The van der Waals surface area contributed by atoms with Gasteiger partial charge >= 0.3 is 0 Å². The topological polar surface area (TPSA) is 90.1 Å². The number of carbonyl (C=O) groups is 2. The molecule has 0 aromatic carbocycles. The summed E-state index contributed by atoms with van der Waals surface area (Å²) >= 11 is 0. The van der Waals surface area contributed by atoms with Gasteiger partial charge in [-0.05, 0) is 95.5 Å². The van der Waals surface area contributed by atoms with E-state index in [9.17, 15) is 14.8 Å². The summed E-state index contributed by atoms with van der Waals surface area (Å²) in [6, 6.07) is 7.38. The van der Waals surface area contributed by atoms with E-state index in [0.29, 0.717) is 18.0 Å². The van der Waals surface area contributed by atoms with Crippen molar-refractivity contribution in [3.05, 3.63) is 48.0 Å². The Labute approximate surface area is 227 Å². The van der Waals surface area contributed by atoms with Crippen molar-refractivity contribution in [1.29, 1.82) is 0 Å². The molecule has 208 valence electrons. The molecule has 8 heteroatoms.